The largest absolute Gasteiger partial charge is 0.342 e. The third-order valence-corrected chi connectivity index (χ3v) is 3.97. The fourth-order valence-electron chi connectivity index (χ4n) is 2.49. The van der Waals surface area contributed by atoms with Gasteiger partial charge < -0.3 is 10.2 Å². The molecule has 0 bridgehead atoms. The van der Waals surface area contributed by atoms with Crippen LogP contribution in [0.15, 0.2) is 18.2 Å². The molecule has 0 radical (unpaired) electrons. The van der Waals surface area contributed by atoms with Gasteiger partial charge >= 0.3 is 0 Å². The molecule has 1 heterocycles. The minimum Gasteiger partial charge on any atom is -0.342 e. The standard InChI is InChI=1S/C15H20ClFN2O/c1-19(9-7-12-4-2-3-8-18-12)15(20)13-10-11(16)5-6-14(13)17/h5-6,10,12,18H,2-4,7-9H2,1H3. The van der Waals surface area contributed by atoms with Crippen molar-refractivity contribution in [3.05, 3.63) is 34.6 Å². The first kappa shape index (κ1) is 15.3. The molecular weight excluding hydrogens is 279 g/mol. The van der Waals surface area contributed by atoms with Crippen LogP contribution in [0.5, 0.6) is 0 Å². The number of rotatable bonds is 4. The summed E-state index contributed by atoms with van der Waals surface area (Å²) >= 11 is 5.82. The van der Waals surface area contributed by atoms with Crippen LogP contribution in [0.25, 0.3) is 0 Å². The third-order valence-electron chi connectivity index (χ3n) is 3.73. The van der Waals surface area contributed by atoms with E-state index in [9.17, 15) is 9.18 Å². The van der Waals surface area contributed by atoms with Crippen LogP contribution in [0.4, 0.5) is 4.39 Å². The molecule has 1 unspecified atom stereocenters. The highest BCUT2D eigenvalue weighted by Crippen LogP contribution is 2.17. The predicted molar refractivity (Wildman–Crippen MR) is 78.6 cm³/mol. The van der Waals surface area contributed by atoms with Crippen LogP contribution < -0.4 is 5.32 Å². The van der Waals surface area contributed by atoms with Crippen LogP contribution in [0.3, 0.4) is 0 Å². The molecule has 1 fully saturated rings. The van der Waals surface area contributed by atoms with Crippen molar-refractivity contribution >= 4 is 17.5 Å². The second-order valence-corrected chi connectivity index (χ2v) is 5.72. The zero-order valence-electron chi connectivity index (χ0n) is 11.7. The normalized spacial score (nSPS) is 18.9. The highest BCUT2D eigenvalue weighted by Gasteiger charge is 2.19. The van der Waals surface area contributed by atoms with E-state index in [0.717, 1.165) is 19.4 Å². The SMILES string of the molecule is CN(CCC1CCCCN1)C(=O)c1cc(Cl)ccc1F. The Labute approximate surface area is 124 Å². The van der Waals surface area contributed by atoms with Crippen molar-refractivity contribution in [1.29, 1.82) is 0 Å². The molecule has 0 saturated carbocycles. The van der Waals surface area contributed by atoms with Crippen LogP contribution in [-0.2, 0) is 0 Å². The first-order valence-corrected chi connectivity index (χ1v) is 7.39. The molecule has 1 aromatic rings. The zero-order valence-corrected chi connectivity index (χ0v) is 12.4. The molecule has 0 spiro atoms. The van der Waals surface area contributed by atoms with Gasteiger partial charge in [0.15, 0.2) is 0 Å². The number of nitrogens with one attached hydrogen (secondary N) is 1. The Morgan fingerprint density at radius 2 is 2.30 bits per heavy atom. The van der Waals surface area contributed by atoms with Crippen LogP contribution in [0, 0.1) is 5.82 Å². The van der Waals surface area contributed by atoms with Gasteiger partial charge in [-0.3, -0.25) is 4.79 Å². The first-order valence-electron chi connectivity index (χ1n) is 7.02. The Balaban J connectivity index is 1.92. The first-order chi connectivity index (χ1) is 9.58. The quantitative estimate of drug-likeness (QED) is 0.926. The smallest absolute Gasteiger partial charge is 0.256 e. The number of halogens is 2. The van der Waals surface area contributed by atoms with E-state index in [4.69, 9.17) is 11.6 Å². The van der Waals surface area contributed by atoms with Gasteiger partial charge in [0.25, 0.3) is 5.91 Å². The van der Waals surface area contributed by atoms with Gasteiger partial charge in [-0.1, -0.05) is 18.0 Å². The maximum absolute atomic E-state index is 13.7. The Kier molecular flexibility index (Phi) is 5.38. The van der Waals surface area contributed by atoms with E-state index < -0.39 is 5.82 Å². The lowest BCUT2D eigenvalue weighted by Crippen LogP contribution is -2.38. The number of carbonyl (C=O) groups excluding carboxylic acids is 1. The summed E-state index contributed by atoms with van der Waals surface area (Å²) in [5, 5.41) is 3.81. The van der Waals surface area contributed by atoms with Gasteiger partial charge in [0.2, 0.25) is 0 Å². The van der Waals surface area contributed by atoms with Gasteiger partial charge in [-0.25, -0.2) is 4.39 Å². The number of benzene rings is 1. The van der Waals surface area contributed by atoms with Crippen LogP contribution in [0.1, 0.15) is 36.0 Å². The molecule has 5 heteroatoms. The molecule has 1 N–H and O–H groups in total. The number of hydrogen-bond acceptors (Lipinski definition) is 2. The van der Waals surface area contributed by atoms with Gasteiger partial charge in [-0.05, 0) is 44.0 Å². The predicted octanol–water partition coefficient (Wildman–Crippen LogP) is 3.08. The molecule has 20 heavy (non-hydrogen) atoms. The van der Waals surface area contributed by atoms with Crippen LogP contribution in [0.2, 0.25) is 5.02 Å². The summed E-state index contributed by atoms with van der Waals surface area (Å²) in [5.74, 6) is -0.845. The third kappa shape index (κ3) is 3.93. The Morgan fingerprint density at radius 3 is 3.00 bits per heavy atom. The Morgan fingerprint density at radius 1 is 1.50 bits per heavy atom. The van der Waals surface area contributed by atoms with Crippen molar-refractivity contribution in [3.63, 3.8) is 0 Å². The average molecular weight is 299 g/mol. The van der Waals surface area contributed by atoms with E-state index in [1.807, 2.05) is 0 Å². The monoisotopic (exact) mass is 298 g/mol. The summed E-state index contributed by atoms with van der Waals surface area (Å²) in [5.41, 5.74) is 0.0385. The van der Waals surface area contributed by atoms with Crippen LogP contribution in [-0.4, -0.2) is 37.0 Å². The van der Waals surface area contributed by atoms with Gasteiger partial charge in [0.05, 0.1) is 5.56 Å². The number of hydrogen-bond donors (Lipinski definition) is 1. The molecular formula is C15H20ClFN2O. The fraction of sp³-hybridized carbons (Fsp3) is 0.533. The van der Waals surface area contributed by atoms with Crippen molar-refractivity contribution in [2.75, 3.05) is 20.1 Å². The second kappa shape index (κ2) is 7.04. The molecule has 3 nitrogen and oxygen atoms in total. The van der Waals surface area contributed by atoms with Gasteiger partial charge in [0.1, 0.15) is 5.82 Å². The van der Waals surface area contributed by atoms with E-state index in [0.29, 0.717) is 17.6 Å². The molecule has 1 atom stereocenters. The molecule has 1 aromatic carbocycles. The summed E-state index contributed by atoms with van der Waals surface area (Å²) in [4.78, 5) is 13.8. The fourth-order valence-corrected chi connectivity index (χ4v) is 2.66. The van der Waals surface area contributed by atoms with E-state index in [2.05, 4.69) is 5.32 Å². The number of carbonyl (C=O) groups is 1. The number of piperidine rings is 1. The number of nitrogens with zero attached hydrogens (tertiary/aromatic N) is 1. The Bertz CT molecular complexity index is 475. The van der Waals surface area contributed by atoms with E-state index in [-0.39, 0.29) is 11.5 Å². The van der Waals surface area contributed by atoms with E-state index in [1.54, 1.807) is 11.9 Å². The molecule has 110 valence electrons. The van der Waals surface area contributed by atoms with Crippen molar-refractivity contribution in [3.8, 4) is 0 Å². The number of amides is 1. The summed E-state index contributed by atoms with van der Waals surface area (Å²) in [6.45, 7) is 1.66. The average Bonchev–Trinajstić information content (AvgIpc) is 2.47. The minimum atomic E-state index is -0.526. The van der Waals surface area contributed by atoms with Gasteiger partial charge in [0, 0.05) is 24.7 Å². The molecule has 1 aliphatic rings. The molecule has 2 rings (SSSR count). The van der Waals surface area contributed by atoms with Crippen molar-refractivity contribution in [2.45, 2.75) is 31.7 Å². The maximum Gasteiger partial charge on any atom is 0.256 e. The summed E-state index contributed by atoms with van der Waals surface area (Å²) in [7, 11) is 1.70. The lowest BCUT2D eigenvalue weighted by Gasteiger charge is -2.26. The summed E-state index contributed by atoms with van der Waals surface area (Å²) in [6.07, 6.45) is 4.50. The van der Waals surface area contributed by atoms with Crippen molar-refractivity contribution < 1.29 is 9.18 Å². The highest BCUT2D eigenvalue weighted by atomic mass is 35.5. The topological polar surface area (TPSA) is 32.3 Å². The zero-order chi connectivity index (χ0) is 14.5. The molecule has 0 aliphatic carbocycles. The molecule has 1 saturated heterocycles. The second-order valence-electron chi connectivity index (χ2n) is 5.29. The van der Waals surface area contributed by atoms with Gasteiger partial charge in [-0.15, -0.1) is 0 Å². The summed E-state index contributed by atoms with van der Waals surface area (Å²) in [6, 6.07) is 4.52. The molecule has 1 aliphatic heterocycles. The Hall–Kier alpha value is -1.13. The van der Waals surface area contributed by atoms with E-state index >= 15 is 0 Å². The van der Waals surface area contributed by atoms with Gasteiger partial charge in [-0.2, -0.15) is 0 Å². The maximum atomic E-state index is 13.7. The van der Waals surface area contributed by atoms with Crippen molar-refractivity contribution in [2.24, 2.45) is 0 Å². The highest BCUT2D eigenvalue weighted by molar-refractivity contribution is 6.30. The minimum absolute atomic E-state index is 0.0385. The molecule has 0 aromatic heterocycles. The van der Waals surface area contributed by atoms with Crippen molar-refractivity contribution in [1.82, 2.24) is 10.2 Å². The summed E-state index contributed by atoms with van der Waals surface area (Å²) < 4.78 is 13.7. The lowest BCUT2D eigenvalue weighted by atomic mass is 10.0. The van der Waals surface area contributed by atoms with E-state index in [1.165, 1.54) is 31.0 Å². The molecule has 1 amide bonds. The van der Waals surface area contributed by atoms with Crippen LogP contribution >= 0.6 is 11.6 Å². The lowest BCUT2D eigenvalue weighted by molar-refractivity contribution is 0.0783.